The van der Waals surface area contributed by atoms with Crippen LogP contribution in [0.4, 0.5) is 4.79 Å². The van der Waals surface area contributed by atoms with Crippen molar-refractivity contribution in [2.75, 3.05) is 6.54 Å². The summed E-state index contributed by atoms with van der Waals surface area (Å²) in [5, 5.41) is 3.96. The Kier molecular flexibility index (Phi) is 3.79. The van der Waals surface area contributed by atoms with Crippen molar-refractivity contribution >= 4 is 17.0 Å². The molecule has 0 radical (unpaired) electrons. The van der Waals surface area contributed by atoms with Gasteiger partial charge in [0.25, 0.3) is 0 Å². The molecule has 0 spiro atoms. The van der Waals surface area contributed by atoms with E-state index < -0.39 is 5.60 Å². The lowest BCUT2D eigenvalue weighted by atomic mass is 10.1. The van der Waals surface area contributed by atoms with Crippen LogP contribution >= 0.6 is 0 Å². The number of benzene rings is 1. The summed E-state index contributed by atoms with van der Waals surface area (Å²) in [6.07, 6.45) is 2.33. The van der Waals surface area contributed by atoms with E-state index in [1.165, 1.54) is 10.9 Å². The fourth-order valence-corrected chi connectivity index (χ4v) is 1.97. The van der Waals surface area contributed by atoms with Crippen LogP contribution in [0.1, 0.15) is 26.3 Å². The van der Waals surface area contributed by atoms with Gasteiger partial charge in [0.15, 0.2) is 0 Å². The summed E-state index contributed by atoms with van der Waals surface area (Å²) in [5.74, 6) is 0. The minimum Gasteiger partial charge on any atom is -0.444 e. The number of H-pyrrole nitrogens is 1. The Morgan fingerprint density at radius 2 is 2.11 bits per heavy atom. The molecule has 0 fully saturated rings. The van der Waals surface area contributed by atoms with Crippen LogP contribution in [-0.4, -0.2) is 23.2 Å². The molecule has 0 saturated heterocycles. The number of rotatable bonds is 3. The fourth-order valence-electron chi connectivity index (χ4n) is 1.97. The third kappa shape index (κ3) is 3.74. The quantitative estimate of drug-likeness (QED) is 0.890. The molecular formula is C15H20N2O2. The number of carbonyl (C=O) groups is 1. The lowest BCUT2D eigenvalue weighted by Crippen LogP contribution is -2.33. The average molecular weight is 260 g/mol. The van der Waals surface area contributed by atoms with Crippen LogP contribution in [0.15, 0.2) is 30.5 Å². The zero-order valence-electron chi connectivity index (χ0n) is 11.6. The van der Waals surface area contributed by atoms with Crippen LogP contribution in [0.3, 0.4) is 0 Å². The Balaban J connectivity index is 1.89. The molecule has 0 aliphatic carbocycles. The van der Waals surface area contributed by atoms with Gasteiger partial charge in [-0.25, -0.2) is 4.79 Å². The maximum atomic E-state index is 11.5. The smallest absolute Gasteiger partial charge is 0.407 e. The van der Waals surface area contributed by atoms with E-state index >= 15 is 0 Å². The van der Waals surface area contributed by atoms with Gasteiger partial charge < -0.3 is 15.0 Å². The van der Waals surface area contributed by atoms with E-state index in [9.17, 15) is 4.79 Å². The molecule has 4 heteroatoms. The highest BCUT2D eigenvalue weighted by atomic mass is 16.6. The highest BCUT2D eigenvalue weighted by Crippen LogP contribution is 2.17. The van der Waals surface area contributed by atoms with Crippen molar-refractivity contribution in [2.24, 2.45) is 0 Å². The number of hydrogen-bond donors (Lipinski definition) is 2. The molecule has 0 atom stereocenters. The summed E-state index contributed by atoms with van der Waals surface area (Å²) < 4.78 is 5.19. The third-order valence-corrected chi connectivity index (χ3v) is 2.74. The lowest BCUT2D eigenvalue weighted by molar-refractivity contribution is 0.0528. The summed E-state index contributed by atoms with van der Waals surface area (Å²) in [6.45, 7) is 6.12. The topological polar surface area (TPSA) is 54.1 Å². The van der Waals surface area contributed by atoms with Crippen molar-refractivity contribution in [3.63, 3.8) is 0 Å². The molecule has 0 aliphatic heterocycles. The van der Waals surface area contributed by atoms with Gasteiger partial charge in [-0.2, -0.15) is 0 Å². The van der Waals surface area contributed by atoms with Crippen molar-refractivity contribution in [1.29, 1.82) is 0 Å². The fraction of sp³-hybridized carbons (Fsp3) is 0.400. The predicted molar refractivity (Wildman–Crippen MR) is 76.2 cm³/mol. The second-order valence-electron chi connectivity index (χ2n) is 5.54. The zero-order chi connectivity index (χ0) is 13.9. The molecule has 102 valence electrons. The van der Waals surface area contributed by atoms with Gasteiger partial charge in [-0.3, -0.25) is 0 Å². The summed E-state index contributed by atoms with van der Waals surface area (Å²) in [5.41, 5.74) is 1.87. The van der Waals surface area contributed by atoms with Crippen LogP contribution in [0.25, 0.3) is 10.9 Å². The maximum Gasteiger partial charge on any atom is 0.407 e. The van der Waals surface area contributed by atoms with E-state index in [0.29, 0.717) is 6.54 Å². The molecule has 2 N–H and O–H groups in total. The molecule has 2 aromatic rings. The lowest BCUT2D eigenvalue weighted by Gasteiger charge is -2.19. The van der Waals surface area contributed by atoms with Crippen LogP contribution in [0, 0.1) is 0 Å². The molecule has 4 nitrogen and oxygen atoms in total. The molecule has 0 bridgehead atoms. The van der Waals surface area contributed by atoms with Gasteiger partial charge in [0.2, 0.25) is 0 Å². The molecule has 0 aliphatic rings. The number of aromatic amines is 1. The van der Waals surface area contributed by atoms with Crippen LogP contribution in [0.2, 0.25) is 0 Å². The monoisotopic (exact) mass is 260 g/mol. The summed E-state index contributed by atoms with van der Waals surface area (Å²) in [4.78, 5) is 14.7. The molecule has 1 amide bonds. The maximum absolute atomic E-state index is 11.5. The Bertz CT molecular complexity index is 567. The number of aromatic nitrogens is 1. The largest absolute Gasteiger partial charge is 0.444 e. The molecule has 1 aromatic heterocycles. The van der Waals surface area contributed by atoms with Gasteiger partial charge in [0.05, 0.1) is 0 Å². The number of nitrogens with one attached hydrogen (secondary N) is 2. The minimum absolute atomic E-state index is 0.369. The molecule has 0 saturated carbocycles. The number of fused-ring (bicyclic) bond motifs is 1. The van der Waals surface area contributed by atoms with E-state index in [4.69, 9.17) is 4.74 Å². The number of ether oxygens (including phenoxy) is 1. The first-order valence-corrected chi connectivity index (χ1v) is 6.47. The molecule has 19 heavy (non-hydrogen) atoms. The van der Waals surface area contributed by atoms with E-state index in [1.54, 1.807) is 0 Å². The highest BCUT2D eigenvalue weighted by Gasteiger charge is 2.15. The Labute approximate surface area is 113 Å². The number of amides is 1. The van der Waals surface area contributed by atoms with Crippen molar-refractivity contribution < 1.29 is 9.53 Å². The summed E-state index contributed by atoms with van der Waals surface area (Å²) >= 11 is 0. The van der Waals surface area contributed by atoms with E-state index in [0.717, 1.165) is 11.9 Å². The van der Waals surface area contributed by atoms with Crippen molar-refractivity contribution in [1.82, 2.24) is 10.3 Å². The molecule has 1 heterocycles. The van der Waals surface area contributed by atoms with Crippen LogP contribution in [0.5, 0.6) is 0 Å². The minimum atomic E-state index is -0.455. The summed E-state index contributed by atoms with van der Waals surface area (Å²) in [7, 11) is 0. The second kappa shape index (κ2) is 5.34. The van der Waals surface area contributed by atoms with E-state index in [2.05, 4.69) is 22.4 Å². The molecular weight excluding hydrogens is 240 g/mol. The van der Waals surface area contributed by atoms with Gasteiger partial charge in [-0.1, -0.05) is 18.2 Å². The number of hydrogen-bond acceptors (Lipinski definition) is 2. The van der Waals surface area contributed by atoms with Crippen LogP contribution in [-0.2, 0) is 11.2 Å². The second-order valence-corrected chi connectivity index (χ2v) is 5.54. The number of para-hydroxylation sites is 1. The first-order chi connectivity index (χ1) is 8.96. The van der Waals surface area contributed by atoms with Crippen molar-refractivity contribution in [3.8, 4) is 0 Å². The standard InChI is InChI=1S/C15H20N2O2/c1-15(2,3)19-14(18)17-10-8-12-6-4-5-11-7-9-16-13(11)12/h4-7,9,16H,8,10H2,1-3H3,(H,17,18). The van der Waals surface area contributed by atoms with E-state index in [-0.39, 0.29) is 6.09 Å². The molecule has 1 aromatic carbocycles. The van der Waals surface area contributed by atoms with Gasteiger partial charge in [-0.05, 0) is 44.2 Å². The predicted octanol–water partition coefficient (Wildman–Crippen LogP) is 3.24. The Hall–Kier alpha value is -1.97. The van der Waals surface area contributed by atoms with Gasteiger partial charge >= 0.3 is 6.09 Å². The summed E-state index contributed by atoms with van der Waals surface area (Å²) in [6, 6.07) is 8.20. The average Bonchev–Trinajstić information content (AvgIpc) is 2.75. The first kappa shape index (κ1) is 13.5. The normalized spacial score (nSPS) is 11.5. The van der Waals surface area contributed by atoms with Gasteiger partial charge in [0, 0.05) is 18.3 Å². The zero-order valence-corrected chi connectivity index (χ0v) is 11.6. The van der Waals surface area contributed by atoms with Crippen molar-refractivity contribution in [3.05, 3.63) is 36.0 Å². The highest BCUT2D eigenvalue weighted by molar-refractivity contribution is 5.82. The number of carbonyl (C=O) groups excluding carboxylic acids is 1. The SMILES string of the molecule is CC(C)(C)OC(=O)NCCc1cccc2cc[nH]c12. The van der Waals surface area contributed by atoms with Crippen LogP contribution < -0.4 is 5.32 Å². The first-order valence-electron chi connectivity index (χ1n) is 6.47. The number of alkyl carbamates (subject to hydrolysis) is 1. The van der Waals surface area contributed by atoms with Crippen molar-refractivity contribution in [2.45, 2.75) is 32.8 Å². The Morgan fingerprint density at radius 1 is 1.32 bits per heavy atom. The van der Waals surface area contributed by atoms with Gasteiger partial charge in [0.1, 0.15) is 5.60 Å². The Morgan fingerprint density at radius 3 is 2.84 bits per heavy atom. The third-order valence-electron chi connectivity index (χ3n) is 2.74. The van der Waals surface area contributed by atoms with E-state index in [1.807, 2.05) is 39.1 Å². The van der Waals surface area contributed by atoms with Gasteiger partial charge in [-0.15, -0.1) is 0 Å². The molecule has 2 rings (SSSR count). The molecule has 0 unspecified atom stereocenters.